The van der Waals surface area contributed by atoms with Gasteiger partial charge in [0, 0.05) is 48.3 Å². The number of aryl methyl sites for hydroxylation is 1. The molecule has 2 aromatic heterocycles. The Hall–Kier alpha value is -3.26. The lowest BCUT2D eigenvalue weighted by molar-refractivity contribution is -0.138. The molecule has 2 heterocycles. The molecular weight excluding hydrogens is 558 g/mol. The zero-order valence-corrected chi connectivity index (χ0v) is 26.7. The molecule has 2 fully saturated rings. The molecule has 8 heteroatoms. The molecule has 0 spiro atoms. The highest BCUT2D eigenvalue weighted by Gasteiger charge is 2.33. The number of hydrogen-bond acceptors (Lipinski definition) is 6. The molecule has 7 nitrogen and oxygen atoms in total. The van der Waals surface area contributed by atoms with Crippen molar-refractivity contribution in [2.24, 2.45) is 17.8 Å². The molecule has 2 aliphatic carbocycles. The topological polar surface area (TPSA) is 92.6 Å². The Labute approximate surface area is 259 Å². The maximum absolute atomic E-state index is 14.2. The Morgan fingerprint density at radius 3 is 2.37 bits per heavy atom. The first-order valence-corrected chi connectivity index (χ1v) is 16.6. The number of aromatic nitrogens is 2. The lowest BCUT2D eigenvalue weighted by Crippen LogP contribution is -2.41. The van der Waals surface area contributed by atoms with Crippen molar-refractivity contribution in [2.75, 3.05) is 18.6 Å². The van der Waals surface area contributed by atoms with Crippen molar-refractivity contribution in [1.82, 2.24) is 9.97 Å². The van der Waals surface area contributed by atoms with Gasteiger partial charge in [-0.3, -0.25) is 14.6 Å². The summed E-state index contributed by atoms with van der Waals surface area (Å²) in [5.74, 6) is 1.60. The number of nitrogens with zero attached hydrogens (tertiary/aromatic N) is 3. The second kappa shape index (κ2) is 14.0. The highest BCUT2D eigenvalue weighted by molar-refractivity contribution is 7.15. The minimum Gasteiger partial charge on any atom is -0.495 e. The van der Waals surface area contributed by atoms with Crippen LogP contribution in [0.2, 0.25) is 0 Å². The normalized spacial score (nSPS) is 22.3. The lowest BCUT2D eigenvalue weighted by Gasteiger charge is -2.36. The van der Waals surface area contributed by atoms with E-state index in [4.69, 9.17) is 9.72 Å². The molecule has 1 amide bonds. The smallest absolute Gasteiger partial charge is 0.303 e. The number of amides is 1. The van der Waals surface area contributed by atoms with E-state index in [1.54, 1.807) is 18.4 Å². The number of methoxy groups -OCH3 is 1. The molecule has 1 aromatic carbocycles. The summed E-state index contributed by atoms with van der Waals surface area (Å²) in [6.07, 6.45) is 9.50. The van der Waals surface area contributed by atoms with E-state index in [0.717, 1.165) is 89.6 Å². The number of hydrogen-bond donors (Lipinski definition) is 1. The van der Waals surface area contributed by atoms with Crippen molar-refractivity contribution in [1.29, 1.82) is 0 Å². The first-order valence-electron chi connectivity index (χ1n) is 15.8. The maximum atomic E-state index is 14.2. The Kier molecular flexibility index (Phi) is 10.2. The van der Waals surface area contributed by atoms with Gasteiger partial charge in [0.2, 0.25) is 5.91 Å². The second-order valence-electron chi connectivity index (χ2n) is 12.8. The van der Waals surface area contributed by atoms with Gasteiger partial charge in [0.15, 0.2) is 0 Å². The summed E-state index contributed by atoms with van der Waals surface area (Å²) in [4.78, 5) is 38.1. The summed E-state index contributed by atoms with van der Waals surface area (Å²) in [6, 6.07) is 12.5. The SMILES string of the molecule is COc1ccc([C@H]2CC[C@H](CN(c3cccc(-c4cnc(C(C)C)s4)c3)C(=O)[C@H]3CC[C@H](CC(=O)O)CC3)CC2)nc1C. The molecular formula is C35H45N3O4S. The van der Waals surface area contributed by atoms with Gasteiger partial charge in [-0.2, -0.15) is 0 Å². The Bertz CT molecular complexity index is 1400. The number of rotatable bonds is 10. The number of anilines is 1. The number of aliphatic carboxylic acids is 1. The highest BCUT2D eigenvalue weighted by Crippen LogP contribution is 2.39. The third-order valence-corrected chi connectivity index (χ3v) is 10.7. The van der Waals surface area contributed by atoms with Crippen LogP contribution in [-0.4, -0.2) is 40.6 Å². The summed E-state index contributed by atoms with van der Waals surface area (Å²) in [5, 5.41) is 10.4. The standard InChI is InChI=1S/C35H45N3O4S/c1-22(2)34-36-20-32(43-34)28-6-5-7-29(19-28)38(35(41)27-14-8-24(9-15-27)18-33(39)40)21-25-10-12-26(13-11-25)30-16-17-31(42-4)23(3)37-30/h5-7,16-17,19-20,22,24-27H,8-15,18,21H2,1-4H3,(H,39,40)/t24-,25-,26-,27-. The van der Waals surface area contributed by atoms with Gasteiger partial charge in [0.25, 0.3) is 0 Å². The summed E-state index contributed by atoms with van der Waals surface area (Å²) < 4.78 is 5.40. The maximum Gasteiger partial charge on any atom is 0.303 e. The molecule has 5 rings (SSSR count). The van der Waals surface area contributed by atoms with Gasteiger partial charge < -0.3 is 14.7 Å². The first kappa shape index (κ1) is 31.2. The molecule has 43 heavy (non-hydrogen) atoms. The minimum absolute atomic E-state index is 0.0625. The molecule has 230 valence electrons. The van der Waals surface area contributed by atoms with Crippen LogP contribution < -0.4 is 9.64 Å². The zero-order chi connectivity index (χ0) is 30.5. The number of benzene rings is 1. The fourth-order valence-electron chi connectivity index (χ4n) is 6.83. The number of carboxylic acid groups (broad SMARTS) is 1. The average molecular weight is 604 g/mol. The highest BCUT2D eigenvalue weighted by atomic mass is 32.1. The van der Waals surface area contributed by atoms with E-state index in [-0.39, 0.29) is 24.2 Å². The predicted molar refractivity (Wildman–Crippen MR) is 172 cm³/mol. The Morgan fingerprint density at radius 2 is 1.74 bits per heavy atom. The van der Waals surface area contributed by atoms with Crippen LogP contribution in [0.1, 0.15) is 99.9 Å². The summed E-state index contributed by atoms with van der Waals surface area (Å²) in [7, 11) is 1.68. The number of thiazole rings is 1. The third kappa shape index (κ3) is 7.64. The number of ether oxygens (including phenoxy) is 1. The van der Waals surface area contributed by atoms with Crippen molar-refractivity contribution in [3.63, 3.8) is 0 Å². The molecule has 2 saturated carbocycles. The van der Waals surface area contributed by atoms with Crippen molar-refractivity contribution in [2.45, 2.75) is 90.4 Å². The largest absolute Gasteiger partial charge is 0.495 e. The van der Waals surface area contributed by atoms with Gasteiger partial charge in [-0.15, -0.1) is 11.3 Å². The van der Waals surface area contributed by atoms with E-state index >= 15 is 0 Å². The summed E-state index contributed by atoms with van der Waals surface area (Å²) >= 11 is 1.72. The number of carbonyl (C=O) groups excluding carboxylic acids is 1. The van der Waals surface area contributed by atoms with Crippen molar-refractivity contribution < 1.29 is 19.4 Å². The second-order valence-corrected chi connectivity index (χ2v) is 13.8. The first-order chi connectivity index (χ1) is 20.7. The minimum atomic E-state index is -0.743. The zero-order valence-electron chi connectivity index (χ0n) is 25.9. The van der Waals surface area contributed by atoms with Gasteiger partial charge in [0.1, 0.15) is 5.75 Å². The Balaban J connectivity index is 1.33. The molecule has 3 aromatic rings. The van der Waals surface area contributed by atoms with Crippen LogP contribution in [0.25, 0.3) is 10.4 Å². The summed E-state index contributed by atoms with van der Waals surface area (Å²) in [5.41, 5.74) is 4.11. The van der Waals surface area contributed by atoms with E-state index in [2.05, 4.69) is 54.1 Å². The van der Waals surface area contributed by atoms with E-state index in [1.807, 2.05) is 19.2 Å². The van der Waals surface area contributed by atoms with Crippen LogP contribution >= 0.6 is 11.3 Å². The predicted octanol–water partition coefficient (Wildman–Crippen LogP) is 8.23. The van der Waals surface area contributed by atoms with Crippen LogP contribution in [0.4, 0.5) is 5.69 Å². The molecule has 0 radical (unpaired) electrons. The summed E-state index contributed by atoms with van der Waals surface area (Å²) in [6.45, 7) is 7.02. The molecule has 0 atom stereocenters. The Morgan fingerprint density at radius 1 is 1.02 bits per heavy atom. The number of pyridine rings is 1. The molecule has 2 aliphatic rings. The van der Waals surface area contributed by atoms with E-state index < -0.39 is 5.97 Å². The lowest BCUT2D eigenvalue weighted by atomic mass is 9.78. The molecule has 0 unspecified atom stereocenters. The molecule has 0 saturated heterocycles. The number of carboxylic acids is 1. The third-order valence-electron chi connectivity index (χ3n) is 9.37. The molecule has 0 bridgehead atoms. The molecule has 1 N–H and O–H groups in total. The van der Waals surface area contributed by atoms with Crippen LogP contribution in [0, 0.1) is 24.7 Å². The van der Waals surface area contributed by atoms with E-state index in [0.29, 0.717) is 24.3 Å². The van der Waals surface area contributed by atoms with Crippen LogP contribution in [0.3, 0.4) is 0 Å². The number of carbonyl (C=O) groups is 2. The van der Waals surface area contributed by atoms with Crippen LogP contribution in [-0.2, 0) is 9.59 Å². The van der Waals surface area contributed by atoms with Gasteiger partial charge in [-0.1, -0.05) is 26.0 Å². The average Bonchev–Trinajstić information content (AvgIpc) is 3.51. The van der Waals surface area contributed by atoms with Crippen LogP contribution in [0.15, 0.2) is 42.6 Å². The fourth-order valence-corrected chi connectivity index (χ4v) is 7.74. The van der Waals surface area contributed by atoms with E-state index in [9.17, 15) is 14.7 Å². The van der Waals surface area contributed by atoms with Gasteiger partial charge >= 0.3 is 5.97 Å². The van der Waals surface area contributed by atoms with Crippen molar-refractivity contribution in [3.05, 3.63) is 59.0 Å². The monoisotopic (exact) mass is 603 g/mol. The van der Waals surface area contributed by atoms with Crippen LogP contribution in [0.5, 0.6) is 5.75 Å². The molecule has 0 aliphatic heterocycles. The van der Waals surface area contributed by atoms with Crippen molar-refractivity contribution in [3.8, 4) is 16.2 Å². The van der Waals surface area contributed by atoms with Gasteiger partial charge in [0.05, 0.1) is 22.7 Å². The van der Waals surface area contributed by atoms with E-state index in [1.165, 1.54) is 0 Å². The fraction of sp³-hybridized carbons (Fsp3) is 0.543. The van der Waals surface area contributed by atoms with Gasteiger partial charge in [-0.25, -0.2) is 4.98 Å². The van der Waals surface area contributed by atoms with Crippen molar-refractivity contribution >= 4 is 28.9 Å². The van der Waals surface area contributed by atoms with Gasteiger partial charge in [-0.05, 0) is 100.0 Å². The quantitative estimate of drug-likeness (QED) is 0.251.